The minimum atomic E-state index is -1.10. The lowest BCUT2D eigenvalue weighted by Crippen LogP contribution is -2.31. The third-order valence-corrected chi connectivity index (χ3v) is 4.42. The largest absolute Gasteiger partial charge is 0.444 e. The fourth-order valence-electron chi connectivity index (χ4n) is 2.90. The number of ketones is 1. The van der Waals surface area contributed by atoms with E-state index in [0.29, 0.717) is 11.1 Å². The average Bonchev–Trinajstić information content (AvgIpc) is 2.77. The molecule has 3 rings (SSSR count). The molecule has 0 aliphatic carbocycles. The van der Waals surface area contributed by atoms with Crippen molar-refractivity contribution in [2.45, 2.75) is 6.10 Å². The molecular weight excluding hydrogens is 366 g/mol. The monoisotopic (exact) mass is 387 g/mol. The third kappa shape index (κ3) is 4.58. The molecule has 0 aliphatic heterocycles. The number of carbonyl (C=O) groups excluding carboxylic acids is 3. The SMILES string of the molecule is CN(C)C(=O)[C@@H](OC(=O)c1ccccc1C(=O)c1ccccc1)c1ccccc1. The Balaban J connectivity index is 1.94. The van der Waals surface area contributed by atoms with Crippen LogP contribution in [0.5, 0.6) is 0 Å². The van der Waals surface area contributed by atoms with Crippen molar-refractivity contribution in [1.29, 1.82) is 0 Å². The molecule has 0 N–H and O–H groups in total. The second kappa shape index (κ2) is 8.97. The Bertz CT molecular complexity index is 1010. The lowest BCUT2D eigenvalue weighted by molar-refractivity contribution is -0.138. The van der Waals surface area contributed by atoms with Crippen LogP contribution in [0.2, 0.25) is 0 Å². The van der Waals surface area contributed by atoms with Gasteiger partial charge in [-0.05, 0) is 6.07 Å². The highest BCUT2D eigenvalue weighted by molar-refractivity contribution is 6.14. The maximum Gasteiger partial charge on any atom is 0.340 e. The Labute approximate surface area is 169 Å². The van der Waals surface area contributed by atoms with Gasteiger partial charge in [-0.2, -0.15) is 0 Å². The number of carbonyl (C=O) groups is 3. The van der Waals surface area contributed by atoms with Crippen LogP contribution in [0.1, 0.15) is 37.9 Å². The number of hydrogen-bond acceptors (Lipinski definition) is 4. The molecule has 146 valence electrons. The number of likely N-dealkylation sites (N-methyl/N-ethyl adjacent to an activating group) is 1. The van der Waals surface area contributed by atoms with Gasteiger partial charge in [0, 0.05) is 30.8 Å². The van der Waals surface area contributed by atoms with E-state index in [1.54, 1.807) is 80.8 Å². The van der Waals surface area contributed by atoms with Crippen LogP contribution in [0.15, 0.2) is 84.9 Å². The second-order valence-corrected chi connectivity index (χ2v) is 6.67. The number of benzene rings is 3. The molecule has 29 heavy (non-hydrogen) atoms. The highest BCUT2D eigenvalue weighted by atomic mass is 16.5. The van der Waals surface area contributed by atoms with E-state index in [4.69, 9.17) is 4.74 Å². The molecule has 0 aromatic heterocycles. The summed E-state index contributed by atoms with van der Waals surface area (Å²) in [4.78, 5) is 39.9. The predicted octanol–water partition coefficient (Wildman–Crippen LogP) is 3.90. The zero-order valence-corrected chi connectivity index (χ0v) is 16.2. The van der Waals surface area contributed by atoms with E-state index < -0.39 is 12.1 Å². The van der Waals surface area contributed by atoms with Crippen molar-refractivity contribution in [3.05, 3.63) is 107 Å². The molecule has 0 saturated carbocycles. The van der Waals surface area contributed by atoms with Crippen molar-refractivity contribution in [2.24, 2.45) is 0 Å². The van der Waals surface area contributed by atoms with Crippen LogP contribution in [-0.2, 0) is 9.53 Å². The molecule has 0 saturated heterocycles. The second-order valence-electron chi connectivity index (χ2n) is 6.67. The van der Waals surface area contributed by atoms with Crippen LogP contribution < -0.4 is 0 Å². The van der Waals surface area contributed by atoms with E-state index in [-0.39, 0.29) is 22.8 Å². The highest BCUT2D eigenvalue weighted by Crippen LogP contribution is 2.23. The Morgan fingerprint density at radius 3 is 1.83 bits per heavy atom. The highest BCUT2D eigenvalue weighted by Gasteiger charge is 2.28. The van der Waals surface area contributed by atoms with Crippen LogP contribution in [-0.4, -0.2) is 36.7 Å². The minimum absolute atomic E-state index is 0.119. The van der Waals surface area contributed by atoms with E-state index in [0.717, 1.165) is 0 Å². The van der Waals surface area contributed by atoms with Gasteiger partial charge in [0.25, 0.3) is 5.91 Å². The molecule has 0 bridgehead atoms. The maximum atomic E-state index is 13.0. The van der Waals surface area contributed by atoms with Crippen molar-refractivity contribution in [1.82, 2.24) is 4.90 Å². The van der Waals surface area contributed by atoms with Crippen molar-refractivity contribution >= 4 is 17.7 Å². The smallest absolute Gasteiger partial charge is 0.340 e. The van der Waals surface area contributed by atoms with Crippen LogP contribution in [0.3, 0.4) is 0 Å². The normalized spacial score (nSPS) is 11.4. The summed E-state index contributed by atoms with van der Waals surface area (Å²) in [6.45, 7) is 0. The number of ether oxygens (including phenoxy) is 1. The van der Waals surface area contributed by atoms with E-state index in [9.17, 15) is 14.4 Å². The Morgan fingerprint density at radius 1 is 0.724 bits per heavy atom. The summed E-state index contributed by atoms with van der Waals surface area (Å²) in [6, 6.07) is 24.0. The van der Waals surface area contributed by atoms with Crippen LogP contribution >= 0.6 is 0 Å². The molecule has 5 nitrogen and oxygen atoms in total. The zero-order chi connectivity index (χ0) is 20.8. The fraction of sp³-hybridized carbons (Fsp3) is 0.125. The molecule has 5 heteroatoms. The van der Waals surface area contributed by atoms with Gasteiger partial charge < -0.3 is 9.64 Å². The van der Waals surface area contributed by atoms with Gasteiger partial charge in [-0.25, -0.2) is 4.79 Å². The third-order valence-electron chi connectivity index (χ3n) is 4.42. The molecule has 1 atom stereocenters. The van der Waals surface area contributed by atoms with Gasteiger partial charge in [-0.1, -0.05) is 78.9 Å². The molecule has 0 heterocycles. The van der Waals surface area contributed by atoms with Gasteiger partial charge in [0.2, 0.25) is 6.10 Å². The van der Waals surface area contributed by atoms with E-state index >= 15 is 0 Å². The van der Waals surface area contributed by atoms with Gasteiger partial charge >= 0.3 is 5.97 Å². The Kier molecular flexibility index (Phi) is 6.19. The molecule has 0 unspecified atom stereocenters. The summed E-state index contributed by atoms with van der Waals surface area (Å²) in [5.41, 5.74) is 1.38. The van der Waals surface area contributed by atoms with Gasteiger partial charge in [0.1, 0.15) is 0 Å². The van der Waals surface area contributed by atoms with Crippen LogP contribution in [0.4, 0.5) is 0 Å². The maximum absolute atomic E-state index is 13.0. The summed E-state index contributed by atoms with van der Waals surface area (Å²) in [7, 11) is 3.19. The Morgan fingerprint density at radius 2 is 1.24 bits per heavy atom. The molecule has 0 radical (unpaired) electrons. The van der Waals surface area contributed by atoms with Crippen molar-refractivity contribution in [2.75, 3.05) is 14.1 Å². The van der Waals surface area contributed by atoms with Gasteiger partial charge in [-0.3, -0.25) is 9.59 Å². The van der Waals surface area contributed by atoms with Crippen molar-refractivity contribution < 1.29 is 19.1 Å². The number of rotatable bonds is 6. The summed E-state index contributed by atoms with van der Waals surface area (Å²) in [5, 5.41) is 0. The first-order valence-electron chi connectivity index (χ1n) is 9.15. The number of hydrogen-bond donors (Lipinski definition) is 0. The lowest BCUT2D eigenvalue weighted by atomic mass is 9.98. The number of esters is 1. The minimum Gasteiger partial charge on any atom is -0.444 e. The quantitative estimate of drug-likeness (QED) is 0.475. The van der Waals surface area contributed by atoms with E-state index in [1.165, 1.54) is 11.0 Å². The summed E-state index contributed by atoms with van der Waals surface area (Å²) in [6.07, 6.45) is -1.10. The molecule has 0 aliphatic rings. The van der Waals surface area contributed by atoms with Gasteiger partial charge in [0.05, 0.1) is 5.56 Å². The molecular formula is C24H21NO4. The first kappa shape index (κ1) is 20.0. The summed E-state index contributed by atoms with van der Waals surface area (Å²) < 4.78 is 5.59. The molecule has 3 aromatic carbocycles. The summed E-state index contributed by atoms with van der Waals surface area (Å²) >= 11 is 0. The average molecular weight is 387 g/mol. The van der Waals surface area contributed by atoms with Gasteiger partial charge in [-0.15, -0.1) is 0 Å². The lowest BCUT2D eigenvalue weighted by Gasteiger charge is -2.21. The van der Waals surface area contributed by atoms with E-state index in [2.05, 4.69) is 0 Å². The van der Waals surface area contributed by atoms with Crippen LogP contribution in [0, 0.1) is 0 Å². The first-order valence-corrected chi connectivity index (χ1v) is 9.15. The fourth-order valence-corrected chi connectivity index (χ4v) is 2.90. The first-order chi connectivity index (χ1) is 14.0. The van der Waals surface area contributed by atoms with E-state index in [1.807, 2.05) is 12.1 Å². The summed E-state index contributed by atoms with van der Waals surface area (Å²) in [5.74, 6) is -1.38. The van der Waals surface area contributed by atoms with Crippen molar-refractivity contribution in [3.63, 3.8) is 0 Å². The molecule has 0 spiro atoms. The number of amides is 1. The molecule has 3 aromatic rings. The number of nitrogens with zero attached hydrogens (tertiary/aromatic N) is 1. The molecule has 1 amide bonds. The molecule has 0 fully saturated rings. The topological polar surface area (TPSA) is 63.7 Å². The van der Waals surface area contributed by atoms with Gasteiger partial charge in [0.15, 0.2) is 5.78 Å². The standard InChI is InChI=1S/C24H21NO4/c1-25(2)23(27)22(18-13-7-4-8-14-18)29-24(28)20-16-10-9-15-19(20)21(26)17-11-5-3-6-12-17/h3-16,22H,1-2H3/t22-/m0/s1. The zero-order valence-electron chi connectivity index (χ0n) is 16.2. The Hall–Kier alpha value is -3.73. The van der Waals surface area contributed by atoms with Crippen LogP contribution in [0.25, 0.3) is 0 Å². The van der Waals surface area contributed by atoms with Crippen molar-refractivity contribution in [3.8, 4) is 0 Å². The predicted molar refractivity (Wildman–Crippen MR) is 110 cm³/mol.